The minimum atomic E-state index is 0.374. The van der Waals surface area contributed by atoms with Crippen molar-refractivity contribution < 1.29 is 0 Å². The number of aromatic nitrogens is 1. The molecule has 0 saturated carbocycles. The van der Waals surface area contributed by atoms with Crippen LogP contribution in [-0.4, -0.2) is 11.5 Å². The van der Waals surface area contributed by atoms with Gasteiger partial charge in [0.15, 0.2) is 0 Å². The summed E-state index contributed by atoms with van der Waals surface area (Å²) in [6.07, 6.45) is 10.6. The summed E-state index contributed by atoms with van der Waals surface area (Å²) in [5.41, 5.74) is 4.06. The van der Waals surface area contributed by atoms with Gasteiger partial charge in [-0.15, -0.1) is 0 Å². The van der Waals surface area contributed by atoms with Crippen molar-refractivity contribution >= 4 is 0 Å². The fourth-order valence-corrected chi connectivity index (χ4v) is 2.66. The summed E-state index contributed by atoms with van der Waals surface area (Å²) in [6, 6.07) is 4.64. The van der Waals surface area contributed by atoms with E-state index in [2.05, 4.69) is 36.3 Å². The molecule has 0 aromatic carbocycles. The quantitative estimate of drug-likeness (QED) is 0.794. The molecule has 0 saturated heterocycles. The highest BCUT2D eigenvalue weighted by Gasteiger charge is 2.19. The highest BCUT2D eigenvalue weighted by molar-refractivity contribution is 5.31. The topological polar surface area (TPSA) is 24.9 Å². The summed E-state index contributed by atoms with van der Waals surface area (Å²) in [4.78, 5) is 4.44. The van der Waals surface area contributed by atoms with Crippen LogP contribution in [0.1, 0.15) is 56.3 Å². The van der Waals surface area contributed by atoms with Gasteiger partial charge in [-0.2, -0.15) is 0 Å². The van der Waals surface area contributed by atoms with Gasteiger partial charge >= 0.3 is 0 Å². The molecule has 1 aromatic rings. The number of aryl methyl sites for hydroxylation is 1. The molecule has 0 aliphatic heterocycles. The third kappa shape index (κ3) is 3.20. The normalized spacial score (nSPS) is 17.3. The van der Waals surface area contributed by atoms with Crippen LogP contribution in [0.4, 0.5) is 0 Å². The molecule has 1 aliphatic rings. The summed E-state index contributed by atoms with van der Waals surface area (Å²) in [5.74, 6) is 0. The fraction of sp³-hybridized carbons (Fsp3) is 0.562. The lowest BCUT2D eigenvalue weighted by Gasteiger charge is -2.25. The van der Waals surface area contributed by atoms with Crippen LogP contribution in [0.5, 0.6) is 0 Å². The number of hydrogen-bond donors (Lipinski definition) is 1. The maximum atomic E-state index is 4.44. The second-order valence-corrected chi connectivity index (χ2v) is 5.09. The predicted octanol–water partition coefficient (Wildman–Crippen LogP) is 3.93. The zero-order chi connectivity index (χ0) is 12.8. The predicted molar refractivity (Wildman–Crippen MR) is 76.6 cm³/mol. The molecule has 1 aromatic heterocycles. The van der Waals surface area contributed by atoms with Crippen LogP contribution in [-0.2, 0) is 0 Å². The van der Waals surface area contributed by atoms with E-state index in [4.69, 9.17) is 0 Å². The molecule has 0 amide bonds. The molecule has 2 heteroatoms. The Bertz CT molecular complexity index is 409. The highest BCUT2D eigenvalue weighted by Crippen LogP contribution is 2.30. The van der Waals surface area contributed by atoms with Gasteiger partial charge in [0.05, 0.1) is 6.04 Å². The first-order chi connectivity index (χ1) is 8.83. The Morgan fingerprint density at radius 3 is 2.94 bits per heavy atom. The van der Waals surface area contributed by atoms with Crippen LogP contribution in [0.15, 0.2) is 30.0 Å². The monoisotopic (exact) mass is 244 g/mol. The van der Waals surface area contributed by atoms with Gasteiger partial charge < -0.3 is 5.32 Å². The van der Waals surface area contributed by atoms with Crippen LogP contribution in [0.3, 0.4) is 0 Å². The van der Waals surface area contributed by atoms with Gasteiger partial charge in [-0.25, -0.2) is 0 Å². The van der Waals surface area contributed by atoms with E-state index in [9.17, 15) is 0 Å². The molecule has 18 heavy (non-hydrogen) atoms. The molecular weight excluding hydrogens is 220 g/mol. The van der Waals surface area contributed by atoms with Crippen molar-refractivity contribution in [1.82, 2.24) is 10.3 Å². The molecule has 0 radical (unpaired) electrons. The summed E-state index contributed by atoms with van der Waals surface area (Å²) >= 11 is 0. The Morgan fingerprint density at radius 2 is 2.28 bits per heavy atom. The SMILES string of the molecule is CCCNC(C1=CCCCC1)c1cccnc1C. The summed E-state index contributed by atoms with van der Waals surface area (Å²) in [7, 11) is 0. The van der Waals surface area contributed by atoms with Crippen molar-refractivity contribution in [2.75, 3.05) is 6.54 Å². The van der Waals surface area contributed by atoms with Crippen molar-refractivity contribution in [3.8, 4) is 0 Å². The Labute approximate surface area is 111 Å². The van der Waals surface area contributed by atoms with Gasteiger partial charge in [0, 0.05) is 11.9 Å². The van der Waals surface area contributed by atoms with Gasteiger partial charge in [-0.1, -0.05) is 24.6 Å². The highest BCUT2D eigenvalue weighted by atomic mass is 14.9. The van der Waals surface area contributed by atoms with E-state index in [-0.39, 0.29) is 0 Å². The van der Waals surface area contributed by atoms with E-state index in [0.717, 1.165) is 12.2 Å². The van der Waals surface area contributed by atoms with Gasteiger partial charge in [0.1, 0.15) is 0 Å². The van der Waals surface area contributed by atoms with E-state index >= 15 is 0 Å². The van der Waals surface area contributed by atoms with Crippen molar-refractivity contribution in [1.29, 1.82) is 0 Å². The second kappa shape index (κ2) is 6.69. The molecule has 2 rings (SSSR count). The van der Waals surface area contributed by atoms with Gasteiger partial charge in [-0.3, -0.25) is 4.98 Å². The van der Waals surface area contributed by atoms with Gasteiger partial charge in [-0.05, 0) is 57.2 Å². The number of hydrogen-bond acceptors (Lipinski definition) is 2. The van der Waals surface area contributed by atoms with Crippen LogP contribution >= 0.6 is 0 Å². The number of rotatable bonds is 5. The van der Waals surface area contributed by atoms with Crippen molar-refractivity contribution in [2.24, 2.45) is 0 Å². The molecule has 1 heterocycles. The van der Waals surface area contributed by atoms with E-state index < -0.39 is 0 Å². The van der Waals surface area contributed by atoms with E-state index in [1.165, 1.54) is 37.7 Å². The Hall–Kier alpha value is -1.15. The Kier molecular flexibility index (Phi) is 4.94. The third-order valence-electron chi connectivity index (χ3n) is 3.65. The lowest BCUT2D eigenvalue weighted by Crippen LogP contribution is -2.25. The number of nitrogens with one attached hydrogen (secondary N) is 1. The van der Waals surface area contributed by atoms with E-state index in [1.807, 2.05) is 12.3 Å². The molecule has 98 valence electrons. The smallest absolute Gasteiger partial charge is 0.0554 e. The molecular formula is C16H24N2. The van der Waals surface area contributed by atoms with Crippen LogP contribution in [0, 0.1) is 6.92 Å². The number of nitrogens with zero attached hydrogens (tertiary/aromatic N) is 1. The molecule has 0 fully saturated rings. The molecule has 1 unspecified atom stereocenters. The zero-order valence-corrected chi connectivity index (χ0v) is 11.6. The van der Waals surface area contributed by atoms with Gasteiger partial charge in [0.2, 0.25) is 0 Å². The van der Waals surface area contributed by atoms with Crippen molar-refractivity contribution in [3.05, 3.63) is 41.2 Å². The first-order valence-electron chi connectivity index (χ1n) is 7.16. The van der Waals surface area contributed by atoms with Gasteiger partial charge in [0.25, 0.3) is 0 Å². The minimum Gasteiger partial charge on any atom is -0.306 e. The Balaban J connectivity index is 2.24. The lowest BCUT2D eigenvalue weighted by atomic mass is 9.89. The minimum absolute atomic E-state index is 0.374. The molecule has 0 bridgehead atoms. The van der Waals surface area contributed by atoms with Crippen molar-refractivity contribution in [2.45, 2.75) is 52.0 Å². The number of allylic oxidation sites excluding steroid dienone is 1. The first-order valence-corrected chi connectivity index (χ1v) is 7.16. The first kappa shape index (κ1) is 13.3. The largest absolute Gasteiger partial charge is 0.306 e. The molecule has 1 N–H and O–H groups in total. The molecule has 1 atom stereocenters. The summed E-state index contributed by atoms with van der Waals surface area (Å²) in [6.45, 7) is 5.39. The third-order valence-corrected chi connectivity index (χ3v) is 3.65. The Morgan fingerprint density at radius 1 is 1.39 bits per heavy atom. The molecule has 1 aliphatic carbocycles. The summed E-state index contributed by atoms with van der Waals surface area (Å²) < 4.78 is 0. The van der Waals surface area contributed by atoms with E-state index in [1.54, 1.807) is 5.57 Å². The van der Waals surface area contributed by atoms with Crippen molar-refractivity contribution in [3.63, 3.8) is 0 Å². The lowest BCUT2D eigenvalue weighted by molar-refractivity contribution is 0.543. The van der Waals surface area contributed by atoms with Crippen LogP contribution in [0.25, 0.3) is 0 Å². The average Bonchev–Trinajstić information content (AvgIpc) is 2.42. The fourth-order valence-electron chi connectivity index (χ4n) is 2.66. The number of pyridine rings is 1. The van der Waals surface area contributed by atoms with Crippen LogP contribution < -0.4 is 5.32 Å². The molecule has 2 nitrogen and oxygen atoms in total. The van der Waals surface area contributed by atoms with Crippen LogP contribution in [0.2, 0.25) is 0 Å². The second-order valence-electron chi connectivity index (χ2n) is 5.09. The maximum Gasteiger partial charge on any atom is 0.0554 e. The summed E-state index contributed by atoms with van der Waals surface area (Å²) in [5, 5.41) is 3.69. The standard InChI is InChI=1S/C16H24N2/c1-3-11-18-16(14-8-5-4-6-9-14)15-10-7-12-17-13(15)2/h7-8,10,12,16,18H,3-6,9,11H2,1-2H3. The zero-order valence-electron chi connectivity index (χ0n) is 11.6. The molecule has 0 spiro atoms. The van der Waals surface area contributed by atoms with E-state index in [0.29, 0.717) is 6.04 Å². The average molecular weight is 244 g/mol. The maximum absolute atomic E-state index is 4.44.